The highest BCUT2D eigenvalue weighted by atomic mass is 16.2. The molecule has 0 spiro atoms. The summed E-state index contributed by atoms with van der Waals surface area (Å²) in [7, 11) is 1.76. The summed E-state index contributed by atoms with van der Waals surface area (Å²) in [4.78, 5) is 25.6. The number of hydrogen-bond donors (Lipinski definition) is 1. The van der Waals surface area contributed by atoms with Gasteiger partial charge in [0.1, 0.15) is 5.69 Å². The third kappa shape index (κ3) is 2.52. The van der Waals surface area contributed by atoms with Crippen LogP contribution in [-0.4, -0.2) is 39.6 Å². The number of nitrogens with zero attached hydrogens (tertiary/aromatic N) is 3. The highest BCUT2D eigenvalue weighted by molar-refractivity contribution is 5.97. The van der Waals surface area contributed by atoms with E-state index < -0.39 is 5.91 Å². The van der Waals surface area contributed by atoms with Crippen molar-refractivity contribution in [3.8, 4) is 5.69 Å². The molecule has 0 radical (unpaired) electrons. The van der Waals surface area contributed by atoms with Crippen molar-refractivity contribution in [3.05, 3.63) is 47.8 Å². The standard InChI is InChI=1S/C15H16N4O2/c1-18(10-7-8-10)15(21)12-9-13(14(16)20)19(17-12)11-5-3-2-4-6-11/h2-6,9-10H,7-8H2,1H3,(H2,16,20). The first-order valence-electron chi connectivity index (χ1n) is 6.80. The number of benzene rings is 1. The highest BCUT2D eigenvalue weighted by Gasteiger charge is 2.31. The lowest BCUT2D eigenvalue weighted by Gasteiger charge is -2.14. The predicted molar refractivity (Wildman–Crippen MR) is 77.2 cm³/mol. The van der Waals surface area contributed by atoms with E-state index in [-0.39, 0.29) is 23.3 Å². The number of carbonyl (C=O) groups excluding carboxylic acids is 2. The topological polar surface area (TPSA) is 81.2 Å². The van der Waals surface area contributed by atoms with Crippen LogP contribution in [0.2, 0.25) is 0 Å². The molecule has 6 heteroatoms. The summed E-state index contributed by atoms with van der Waals surface area (Å²) in [5.74, 6) is -0.797. The van der Waals surface area contributed by atoms with Gasteiger partial charge in [-0.05, 0) is 25.0 Å². The molecule has 2 N–H and O–H groups in total. The van der Waals surface area contributed by atoms with Gasteiger partial charge in [0.15, 0.2) is 5.69 Å². The molecule has 2 amide bonds. The minimum Gasteiger partial charge on any atom is -0.364 e. The Bertz CT molecular complexity index is 689. The van der Waals surface area contributed by atoms with Gasteiger partial charge in [-0.3, -0.25) is 9.59 Å². The zero-order valence-electron chi connectivity index (χ0n) is 11.7. The molecule has 1 aliphatic rings. The Morgan fingerprint density at radius 3 is 2.52 bits per heavy atom. The van der Waals surface area contributed by atoms with Crippen molar-refractivity contribution >= 4 is 11.8 Å². The molecule has 0 atom stereocenters. The second-order valence-corrected chi connectivity index (χ2v) is 5.17. The minimum atomic E-state index is -0.612. The van der Waals surface area contributed by atoms with Crippen molar-refractivity contribution in [2.45, 2.75) is 18.9 Å². The van der Waals surface area contributed by atoms with Crippen molar-refractivity contribution in [2.24, 2.45) is 5.73 Å². The average Bonchev–Trinajstić information content (AvgIpc) is 3.24. The predicted octanol–water partition coefficient (Wildman–Crippen LogP) is 1.21. The Balaban J connectivity index is 2.00. The van der Waals surface area contributed by atoms with Crippen molar-refractivity contribution in [1.29, 1.82) is 0 Å². The molecule has 21 heavy (non-hydrogen) atoms. The largest absolute Gasteiger partial charge is 0.364 e. The Labute approximate surface area is 122 Å². The van der Waals surface area contributed by atoms with Crippen molar-refractivity contribution in [1.82, 2.24) is 14.7 Å². The zero-order chi connectivity index (χ0) is 15.0. The first kappa shape index (κ1) is 13.4. The molecule has 2 aromatic rings. The molecule has 0 aliphatic heterocycles. The maximum Gasteiger partial charge on any atom is 0.274 e. The summed E-state index contributed by atoms with van der Waals surface area (Å²) in [5, 5.41) is 4.26. The fraction of sp³-hybridized carbons (Fsp3) is 0.267. The summed E-state index contributed by atoms with van der Waals surface area (Å²) >= 11 is 0. The molecule has 0 saturated heterocycles. The summed E-state index contributed by atoms with van der Waals surface area (Å²) in [6.07, 6.45) is 2.04. The Kier molecular flexibility index (Phi) is 3.21. The van der Waals surface area contributed by atoms with Crippen LogP contribution in [0.1, 0.15) is 33.8 Å². The van der Waals surface area contributed by atoms with E-state index in [4.69, 9.17) is 5.73 Å². The van der Waals surface area contributed by atoms with E-state index in [1.54, 1.807) is 24.1 Å². The summed E-state index contributed by atoms with van der Waals surface area (Å²) in [5.41, 5.74) is 6.52. The molecule has 1 fully saturated rings. The van der Waals surface area contributed by atoms with E-state index in [2.05, 4.69) is 5.10 Å². The van der Waals surface area contributed by atoms with Gasteiger partial charge in [0.05, 0.1) is 5.69 Å². The molecule has 3 rings (SSSR count). The van der Waals surface area contributed by atoms with E-state index in [0.717, 1.165) is 12.8 Å². The van der Waals surface area contributed by atoms with Crippen molar-refractivity contribution < 1.29 is 9.59 Å². The van der Waals surface area contributed by atoms with Crippen LogP contribution in [0, 0.1) is 0 Å². The van der Waals surface area contributed by atoms with Gasteiger partial charge >= 0.3 is 0 Å². The van der Waals surface area contributed by atoms with Gasteiger partial charge in [0, 0.05) is 19.2 Å². The molecule has 0 bridgehead atoms. The minimum absolute atomic E-state index is 0.185. The van der Waals surface area contributed by atoms with Gasteiger partial charge in [0.25, 0.3) is 11.8 Å². The number of rotatable bonds is 4. The molecular weight excluding hydrogens is 268 g/mol. The molecule has 1 heterocycles. The lowest BCUT2D eigenvalue weighted by molar-refractivity contribution is 0.0778. The fourth-order valence-corrected chi connectivity index (χ4v) is 2.24. The van der Waals surface area contributed by atoms with Crippen LogP contribution in [0.25, 0.3) is 5.69 Å². The lowest BCUT2D eigenvalue weighted by atomic mass is 10.3. The van der Waals surface area contributed by atoms with Crippen LogP contribution in [0.4, 0.5) is 0 Å². The van der Waals surface area contributed by atoms with Crippen molar-refractivity contribution in [2.75, 3.05) is 7.05 Å². The Morgan fingerprint density at radius 2 is 1.95 bits per heavy atom. The monoisotopic (exact) mass is 284 g/mol. The average molecular weight is 284 g/mol. The first-order valence-corrected chi connectivity index (χ1v) is 6.80. The quantitative estimate of drug-likeness (QED) is 0.916. The number of para-hydroxylation sites is 1. The van der Waals surface area contributed by atoms with E-state index in [1.165, 1.54) is 10.7 Å². The number of hydrogen-bond acceptors (Lipinski definition) is 3. The molecule has 1 aromatic carbocycles. The summed E-state index contributed by atoms with van der Waals surface area (Å²) in [6.45, 7) is 0. The fourth-order valence-electron chi connectivity index (χ4n) is 2.24. The molecule has 6 nitrogen and oxygen atoms in total. The maximum atomic E-state index is 12.3. The highest BCUT2D eigenvalue weighted by Crippen LogP contribution is 2.26. The van der Waals surface area contributed by atoms with Gasteiger partial charge in [-0.2, -0.15) is 5.10 Å². The number of aromatic nitrogens is 2. The normalized spacial score (nSPS) is 14.0. The van der Waals surface area contributed by atoms with Crippen LogP contribution in [0.15, 0.2) is 36.4 Å². The van der Waals surface area contributed by atoms with Crippen molar-refractivity contribution in [3.63, 3.8) is 0 Å². The molecule has 1 aromatic heterocycles. The third-order valence-electron chi connectivity index (χ3n) is 3.60. The van der Waals surface area contributed by atoms with Crippen LogP contribution in [-0.2, 0) is 0 Å². The number of amides is 2. The van der Waals surface area contributed by atoms with Gasteiger partial charge in [-0.1, -0.05) is 18.2 Å². The second-order valence-electron chi connectivity index (χ2n) is 5.17. The molecular formula is C15H16N4O2. The number of primary amides is 1. The molecule has 108 valence electrons. The van der Waals surface area contributed by atoms with E-state index >= 15 is 0 Å². The SMILES string of the molecule is CN(C(=O)c1cc(C(N)=O)n(-c2ccccc2)n1)C1CC1. The van der Waals surface area contributed by atoms with Gasteiger partial charge in [0.2, 0.25) is 0 Å². The second kappa shape index (κ2) is 5.05. The van der Waals surface area contributed by atoms with E-state index in [9.17, 15) is 9.59 Å². The van der Waals surface area contributed by atoms with E-state index in [1.807, 2.05) is 18.2 Å². The van der Waals surface area contributed by atoms with Gasteiger partial charge in [-0.25, -0.2) is 4.68 Å². The number of carbonyl (C=O) groups is 2. The van der Waals surface area contributed by atoms with Gasteiger partial charge in [-0.15, -0.1) is 0 Å². The third-order valence-corrected chi connectivity index (χ3v) is 3.60. The lowest BCUT2D eigenvalue weighted by Crippen LogP contribution is -2.29. The van der Waals surface area contributed by atoms with E-state index in [0.29, 0.717) is 5.69 Å². The Morgan fingerprint density at radius 1 is 1.29 bits per heavy atom. The number of nitrogens with two attached hydrogens (primary N) is 1. The van der Waals surface area contributed by atoms with Crippen LogP contribution in [0.5, 0.6) is 0 Å². The van der Waals surface area contributed by atoms with Crippen LogP contribution >= 0.6 is 0 Å². The molecule has 1 saturated carbocycles. The molecule has 0 unspecified atom stereocenters. The zero-order valence-corrected chi connectivity index (χ0v) is 11.7. The molecule has 1 aliphatic carbocycles. The first-order chi connectivity index (χ1) is 10.1. The summed E-state index contributed by atoms with van der Waals surface area (Å²) in [6, 6.07) is 10.9. The maximum absolute atomic E-state index is 12.3. The smallest absolute Gasteiger partial charge is 0.274 e. The Hall–Kier alpha value is -2.63. The van der Waals surface area contributed by atoms with Crippen LogP contribution < -0.4 is 5.73 Å². The van der Waals surface area contributed by atoms with Crippen LogP contribution in [0.3, 0.4) is 0 Å². The van der Waals surface area contributed by atoms with Gasteiger partial charge < -0.3 is 10.6 Å². The summed E-state index contributed by atoms with van der Waals surface area (Å²) < 4.78 is 1.41.